The van der Waals surface area contributed by atoms with Gasteiger partial charge in [-0.05, 0) is 51.7 Å². The van der Waals surface area contributed by atoms with E-state index in [9.17, 15) is 4.79 Å². The minimum atomic E-state index is -0.433. The van der Waals surface area contributed by atoms with Crippen molar-refractivity contribution in [1.29, 1.82) is 0 Å². The fraction of sp³-hybridized carbons (Fsp3) is 0.625. The molecule has 1 amide bonds. The number of aromatic nitrogens is 1. The minimum absolute atomic E-state index is 0.338. The molecule has 0 spiro atoms. The molecule has 0 bridgehead atoms. The van der Waals surface area contributed by atoms with Gasteiger partial charge in [0.15, 0.2) is 0 Å². The summed E-state index contributed by atoms with van der Waals surface area (Å²) < 4.78 is 5.17. The van der Waals surface area contributed by atoms with Crippen LogP contribution in [0.25, 0.3) is 0 Å². The molecule has 0 aliphatic heterocycles. The van der Waals surface area contributed by atoms with Gasteiger partial charge in [0, 0.05) is 18.4 Å². The molecule has 1 aromatic rings. The number of unbranched alkanes of at least 4 members (excludes halogenated alkanes) is 1. The van der Waals surface area contributed by atoms with Gasteiger partial charge in [-0.2, -0.15) is 0 Å². The predicted octanol–water partition coefficient (Wildman–Crippen LogP) is 3.88. The Kier molecular flexibility index (Phi) is 6.49. The molecule has 4 nitrogen and oxygen atoms in total. The number of ether oxygens (including phenoxy) is 1. The monoisotopic (exact) mass is 278 g/mol. The van der Waals surface area contributed by atoms with Gasteiger partial charge in [0.1, 0.15) is 5.60 Å². The highest BCUT2D eigenvalue weighted by Crippen LogP contribution is 2.18. The fourth-order valence-electron chi connectivity index (χ4n) is 1.90. The van der Waals surface area contributed by atoms with Crippen LogP contribution >= 0.6 is 0 Å². The molecule has 0 aromatic carbocycles. The van der Waals surface area contributed by atoms with Gasteiger partial charge in [0.25, 0.3) is 0 Å². The Bertz CT molecular complexity index is 399. The number of nitrogens with one attached hydrogen (secondary N) is 1. The number of alkyl carbamates (subject to hydrolysis) is 1. The number of amides is 1. The van der Waals surface area contributed by atoms with Gasteiger partial charge < -0.3 is 10.1 Å². The summed E-state index contributed by atoms with van der Waals surface area (Å²) in [5.41, 5.74) is 0.699. The Labute approximate surface area is 121 Å². The summed E-state index contributed by atoms with van der Waals surface area (Å²) in [7, 11) is 0. The first-order valence-corrected chi connectivity index (χ1v) is 7.26. The summed E-state index contributed by atoms with van der Waals surface area (Å²) >= 11 is 0. The van der Waals surface area contributed by atoms with E-state index in [0.717, 1.165) is 25.0 Å². The lowest BCUT2D eigenvalue weighted by Gasteiger charge is -2.19. The largest absolute Gasteiger partial charge is 0.444 e. The molecule has 20 heavy (non-hydrogen) atoms. The third-order valence-electron chi connectivity index (χ3n) is 2.92. The molecule has 0 saturated heterocycles. The van der Waals surface area contributed by atoms with Gasteiger partial charge in [0.05, 0.1) is 0 Å². The van der Waals surface area contributed by atoms with Crippen LogP contribution in [0.2, 0.25) is 0 Å². The molecular weight excluding hydrogens is 252 g/mol. The van der Waals surface area contributed by atoms with Gasteiger partial charge >= 0.3 is 6.09 Å². The van der Waals surface area contributed by atoms with Crippen LogP contribution in [0.4, 0.5) is 4.79 Å². The molecule has 1 heterocycles. The lowest BCUT2D eigenvalue weighted by Crippen LogP contribution is -2.33. The second-order valence-electron chi connectivity index (χ2n) is 6.08. The van der Waals surface area contributed by atoms with Crippen molar-refractivity contribution in [1.82, 2.24) is 10.3 Å². The van der Waals surface area contributed by atoms with E-state index in [0.29, 0.717) is 12.5 Å². The molecule has 112 valence electrons. The van der Waals surface area contributed by atoms with Crippen LogP contribution < -0.4 is 5.32 Å². The second-order valence-corrected chi connectivity index (χ2v) is 6.08. The Balaban J connectivity index is 2.12. The van der Waals surface area contributed by atoms with Crippen molar-refractivity contribution in [2.75, 3.05) is 6.54 Å². The number of hydrogen-bond acceptors (Lipinski definition) is 3. The third kappa shape index (κ3) is 7.12. The van der Waals surface area contributed by atoms with E-state index in [4.69, 9.17) is 4.74 Å². The summed E-state index contributed by atoms with van der Waals surface area (Å²) in [5.74, 6) is 0.456. The van der Waals surface area contributed by atoms with Gasteiger partial charge in [-0.15, -0.1) is 0 Å². The zero-order chi connectivity index (χ0) is 15.0. The predicted molar refractivity (Wildman–Crippen MR) is 80.7 cm³/mol. The molecule has 1 aromatic heterocycles. The highest BCUT2D eigenvalue weighted by atomic mass is 16.6. The summed E-state index contributed by atoms with van der Waals surface area (Å²) in [4.78, 5) is 15.8. The summed E-state index contributed by atoms with van der Waals surface area (Å²) in [6.07, 6.45) is 4.59. The highest BCUT2D eigenvalue weighted by Gasteiger charge is 2.15. The van der Waals surface area contributed by atoms with Crippen molar-refractivity contribution >= 4 is 6.09 Å². The molecule has 1 N–H and O–H groups in total. The van der Waals surface area contributed by atoms with E-state index < -0.39 is 5.60 Å². The maximum absolute atomic E-state index is 11.4. The van der Waals surface area contributed by atoms with Crippen molar-refractivity contribution in [3.8, 4) is 0 Å². The van der Waals surface area contributed by atoms with Gasteiger partial charge in [0.2, 0.25) is 0 Å². The lowest BCUT2D eigenvalue weighted by molar-refractivity contribution is 0.0527. The molecule has 0 saturated carbocycles. The van der Waals surface area contributed by atoms with E-state index in [-0.39, 0.29) is 6.09 Å². The molecule has 0 aliphatic rings. The Morgan fingerprint density at radius 2 is 2.10 bits per heavy atom. The van der Waals surface area contributed by atoms with Crippen molar-refractivity contribution in [2.24, 2.45) is 0 Å². The Hall–Kier alpha value is -1.58. The zero-order valence-electron chi connectivity index (χ0n) is 13.0. The lowest BCUT2D eigenvalue weighted by atomic mass is 10.00. The smallest absolute Gasteiger partial charge is 0.407 e. The van der Waals surface area contributed by atoms with Crippen LogP contribution in [0.1, 0.15) is 58.6 Å². The van der Waals surface area contributed by atoms with E-state index in [1.54, 1.807) is 0 Å². The van der Waals surface area contributed by atoms with E-state index in [1.807, 2.05) is 39.1 Å². The molecule has 4 heteroatoms. The number of nitrogens with zero attached hydrogens (tertiary/aromatic N) is 1. The second kappa shape index (κ2) is 7.88. The maximum atomic E-state index is 11.4. The third-order valence-corrected chi connectivity index (χ3v) is 2.92. The van der Waals surface area contributed by atoms with Crippen LogP contribution in [-0.2, 0) is 4.74 Å². The van der Waals surface area contributed by atoms with E-state index >= 15 is 0 Å². The number of carbonyl (C=O) groups excluding carboxylic acids is 1. The average molecular weight is 278 g/mol. The van der Waals surface area contributed by atoms with Crippen molar-refractivity contribution < 1.29 is 9.53 Å². The Morgan fingerprint density at radius 1 is 1.35 bits per heavy atom. The van der Waals surface area contributed by atoms with Crippen LogP contribution in [0.5, 0.6) is 0 Å². The molecular formula is C16H26N2O2. The topological polar surface area (TPSA) is 51.2 Å². The minimum Gasteiger partial charge on any atom is -0.444 e. The number of pyridine rings is 1. The summed E-state index contributed by atoms with van der Waals surface area (Å²) in [5, 5.41) is 2.78. The number of hydrogen-bond donors (Lipinski definition) is 1. The SMILES string of the molecule is C[C@@H](CCCCNC(=O)OC(C)(C)C)c1ccccn1. The molecule has 1 atom stereocenters. The fourth-order valence-corrected chi connectivity index (χ4v) is 1.90. The molecule has 0 radical (unpaired) electrons. The van der Waals surface area contributed by atoms with E-state index in [2.05, 4.69) is 23.3 Å². The van der Waals surface area contributed by atoms with Crippen LogP contribution in [0.3, 0.4) is 0 Å². The maximum Gasteiger partial charge on any atom is 0.407 e. The number of carbonyl (C=O) groups is 1. The standard InChI is InChI=1S/C16H26N2O2/c1-13(14-10-6-8-11-17-14)9-5-7-12-18-15(19)20-16(2,3)4/h6,8,10-11,13H,5,7,9,12H2,1-4H3,(H,18,19)/t13-/m0/s1. The van der Waals surface area contributed by atoms with Crippen LogP contribution in [-0.4, -0.2) is 23.2 Å². The first-order chi connectivity index (χ1) is 9.38. The first kappa shape index (κ1) is 16.5. The Morgan fingerprint density at radius 3 is 2.70 bits per heavy atom. The molecule has 0 aliphatic carbocycles. The van der Waals surface area contributed by atoms with E-state index in [1.165, 1.54) is 0 Å². The van der Waals surface area contributed by atoms with Crippen LogP contribution in [0, 0.1) is 0 Å². The highest BCUT2D eigenvalue weighted by molar-refractivity contribution is 5.67. The molecule has 0 unspecified atom stereocenters. The van der Waals surface area contributed by atoms with Crippen LogP contribution in [0.15, 0.2) is 24.4 Å². The average Bonchev–Trinajstić information content (AvgIpc) is 2.37. The van der Waals surface area contributed by atoms with Gasteiger partial charge in [-0.3, -0.25) is 4.98 Å². The quantitative estimate of drug-likeness (QED) is 0.803. The molecule has 0 fully saturated rings. The van der Waals surface area contributed by atoms with Gasteiger partial charge in [-0.25, -0.2) is 4.79 Å². The molecule has 1 rings (SSSR count). The summed E-state index contributed by atoms with van der Waals surface area (Å²) in [6.45, 7) is 8.43. The van der Waals surface area contributed by atoms with Crippen molar-refractivity contribution in [3.63, 3.8) is 0 Å². The normalized spacial score (nSPS) is 12.8. The number of rotatable bonds is 6. The van der Waals surface area contributed by atoms with Crippen molar-refractivity contribution in [2.45, 2.75) is 58.5 Å². The first-order valence-electron chi connectivity index (χ1n) is 7.26. The zero-order valence-corrected chi connectivity index (χ0v) is 13.0. The van der Waals surface area contributed by atoms with Crippen molar-refractivity contribution in [3.05, 3.63) is 30.1 Å². The summed E-state index contributed by atoms with van der Waals surface area (Å²) in [6, 6.07) is 6.01. The van der Waals surface area contributed by atoms with Gasteiger partial charge in [-0.1, -0.05) is 19.4 Å².